The summed E-state index contributed by atoms with van der Waals surface area (Å²) in [6.45, 7) is 5.07. The van der Waals surface area contributed by atoms with E-state index in [2.05, 4.69) is 11.9 Å². The number of hydrogen-bond acceptors (Lipinski definition) is 3. The molecule has 0 aromatic heterocycles. The maximum absolute atomic E-state index is 12.5. The van der Waals surface area contributed by atoms with Crippen LogP contribution in [0.5, 0.6) is 11.5 Å². The van der Waals surface area contributed by atoms with Crippen LogP contribution >= 0.6 is 0 Å². The van der Waals surface area contributed by atoms with Crippen molar-refractivity contribution in [1.29, 1.82) is 0 Å². The molecular weight excluding hydrogens is 316 g/mol. The van der Waals surface area contributed by atoms with E-state index < -0.39 is 0 Å². The highest BCUT2D eigenvalue weighted by atomic mass is 16.5. The number of ether oxygens (including phenoxy) is 2. The van der Waals surface area contributed by atoms with E-state index in [4.69, 9.17) is 9.47 Å². The summed E-state index contributed by atoms with van der Waals surface area (Å²) in [5.41, 5.74) is 2.06. The third-order valence-corrected chi connectivity index (χ3v) is 3.75. The van der Waals surface area contributed by atoms with Crippen LogP contribution in [0.2, 0.25) is 0 Å². The van der Waals surface area contributed by atoms with Gasteiger partial charge in [-0.3, -0.25) is 0 Å². The first kappa shape index (κ1) is 18.4. The number of amides is 2. The first-order valence-electron chi connectivity index (χ1n) is 8.05. The summed E-state index contributed by atoms with van der Waals surface area (Å²) in [6.07, 6.45) is 1.66. The van der Waals surface area contributed by atoms with E-state index in [0.717, 1.165) is 22.6 Å². The maximum atomic E-state index is 12.5. The first-order chi connectivity index (χ1) is 12.2. The van der Waals surface area contributed by atoms with Gasteiger partial charge in [0, 0.05) is 19.6 Å². The molecule has 0 heterocycles. The van der Waals surface area contributed by atoms with Crippen LogP contribution in [0.3, 0.4) is 0 Å². The monoisotopic (exact) mass is 340 g/mol. The average molecular weight is 340 g/mol. The summed E-state index contributed by atoms with van der Waals surface area (Å²) in [5, 5.41) is 2.84. The van der Waals surface area contributed by atoms with Crippen molar-refractivity contribution in [3.63, 3.8) is 0 Å². The molecule has 0 aliphatic rings. The maximum Gasteiger partial charge on any atom is 0.318 e. The van der Waals surface area contributed by atoms with Crippen molar-refractivity contribution >= 4 is 6.03 Å². The van der Waals surface area contributed by atoms with E-state index in [1.165, 1.54) is 0 Å². The number of carbonyl (C=O) groups excluding carboxylic acids is 1. The molecule has 0 fully saturated rings. The van der Waals surface area contributed by atoms with E-state index in [1.807, 2.05) is 48.5 Å². The standard InChI is InChI=1S/C20H24N2O3/c1-4-13-21-20(23)22(14-16-5-9-18(24-2)10-6-16)15-17-7-11-19(25-3)12-8-17/h4-12H,1,13-15H2,2-3H3,(H,21,23). The van der Waals surface area contributed by atoms with E-state index in [-0.39, 0.29) is 6.03 Å². The lowest BCUT2D eigenvalue weighted by molar-refractivity contribution is 0.193. The fourth-order valence-corrected chi connectivity index (χ4v) is 2.37. The highest BCUT2D eigenvalue weighted by Crippen LogP contribution is 2.17. The van der Waals surface area contributed by atoms with Crippen LogP contribution in [0.4, 0.5) is 4.79 Å². The quantitative estimate of drug-likeness (QED) is 0.747. The minimum absolute atomic E-state index is 0.133. The second-order valence-electron chi connectivity index (χ2n) is 5.53. The average Bonchev–Trinajstić information content (AvgIpc) is 2.66. The van der Waals surface area contributed by atoms with Gasteiger partial charge in [-0.2, -0.15) is 0 Å². The summed E-state index contributed by atoms with van der Waals surface area (Å²) in [4.78, 5) is 14.2. The van der Waals surface area contributed by atoms with Crippen LogP contribution in [-0.2, 0) is 13.1 Å². The van der Waals surface area contributed by atoms with Gasteiger partial charge in [0.25, 0.3) is 0 Å². The number of nitrogens with one attached hydrogen (secondary N) is 1. The van der Waals surface area contributed by atoms with Crippen molar-refractivity contribution < 1.29 is 14.3 Å². The predicted octanol–water partition coefficient (Wildman–Crippen LogP) is 3.60. The van der Waals surface area contributed by atoms with E-state index in [1.54, 1.807) is 25.2 Å². The molecule has 132 valence electrons. The zero-order valence-corrected chi connectivity index (χ0v) is 14.7. The van der Waals surface area contributed by atoms with Crippen LogP contribution < -0.4 is 14.8 Å². The van der Waals surface area contributed by atoms with Crippen LogP contribution in [0.1, 0.15) is 11.1 Å². The Kier molecular flexibility index (Phi) is 6.89. The van der Waals surface area contributed by atoms with Crippen LogP contribution in [0, 0.1) is 0 Å². The Bertz CT molecular complexity index is 632. The molecule has 0 spiro atoms. The molecule has 0 aliphatic heterocycles. The summed E-state index contributed by atoms with van der Waals surface area (Å²) in [7, 11) is 3.27. The summed E-state index contributed by atoms with van der Waals surface area (Å²) >= 11 is 0. The number of methoxy groups -OCH3 is 2. The molecule has 0 saturated carbocycles. The molecule has 2 amide bonds. The predicted molar refractivity (Wildman–Crippen MR) is 98.8 cm³/mol. The number of hydrogen-bond donors (Lipinski definition) is 1. The molecule has 0 bridgehead atoms. The van der Waals surface area contributed by atoms with Gasteiger partial charge in [-0.1, -0.05) is 30.3 Å². The first-order valence-corrected chi connectivity index (χ1v) is 8.05. The van der Waals surface area contributed by atoms with Crippen molar-refractivity contribution in [1.82, 2.24) is 10.2 Å². The van der Waals surface area contributed by atoms with Gasteiger partial charge in [0.05, 0.1) is 14.2 Å². The van der Waals surface area contributed by atoms with E-state index in [0.29, 0.717) is 19.6 Å². The number of benzene rings is 2. The number of rotatable bonds is 8. The Morgan fingerprint density at radius 2 is 1.40 bits per heavy atom. The molecule has 2 aromatic rings. The van der Waals surface area contributed by atoms with Crippen molar-refractivity contribution in [2.24, 2.45) is 0 Å². The molecule has 0 atom stereocenters. The lowest BCUT2D eigenvalue weighted by Crippen LogP contribution is -2.39. The van der Waals surface area contributed by atoms with E-state index >= 15 is 0 Å². The third-order valence-electron chi connectivity index (χ3n) is 3.75. The van der Waals surface area contributed by atoms with Gasteiger partial charge in [0.1, 0.15) is 11.5 Å². The van der Waals surface area contributed by atoms with Crippen molar-refractivity contribution in [3.8, 4) is 11.5 Å². The highest BCUT2D eigenvalue weighted by molar-refractivity contribution is 5.74. The molecule has 0 saturated heterocycles. The number of urea groups is 1. The molecule has 1 N–H and O–H groups in total. The molecule has 0 unspecified atom stereocenters. The van der Waals surface area contributed by atoms with Crippen LogP contribution in [0.15, 0.2) is 61.2 Å². The van der Waals surface area contributed by atoms with Gasteiger partial charge < -0.3 is 19.7 Å². The molecule has 5 nitrogen and oxygen atoms in total. The molecule has 5 heteroatoms. The van der Waals surface area contributed by atoms with Gasteiger partial charge in [-0.25, -0.2) is 4.79 Å². The molecule has 2 rings (SSSR count). The molecule has 25 heavy (non-hydrogen) atoms. The molecule has 0 aliphatic carbocycles. The zero-order valence-electron chi connectivity index (χ0n) is 14.7. The Balaban J connectivity index is 2.12. The van der Waals surface area contributed by atoms with Gasteiger partial charge in [-0.05, 0) is 35.4 Å². The lowest BCUT2D eigenvalue weighted by Gasteiger charge is -2.23. The fourth-order valence-electron chi connectivity index (χ4n) is 2.37. The fraction of sp³-hybridized carbons (Fsp3) is 0.250. The zero-order chi connectivity index (χ0) is 18.1. The van der Waals surface area contributed by atoms with Crippen molar-refractivity contribution in [2.45, 2.75) is 13.1 Å². The Morgan fingerprint density at radius 3 is 1.76 bits per heavy atom. The van der Waals surface area contributed by atoms with E-state index in [9.17, 15) is 4.79 Å². The lowest BCUT2D eigenvalue weighted by atomic mass is 10.1. The minimum Gasteiger partial charge on any atom is -0.497 e. The van der Waals surface area contributed by atoms with Gasteiger partial charge >= 0.3 is 6.03 Å². The molecule has 2 aromatic carbocycles. The van der Waals surface area contributed by atoms with Gasteiger partial charge in [0.2, 0.25) is 0 Å². The summed E-state index contributed by atoms with van der Waals surface area (Å²) < 4.78 is 10.4. The van der Waals surface area contributed by atoms with Crippen molar-refractivity contribution in [2.75, 3.05) is 20.8 Å². The number of carbonyl (C=O) groups is 1. The second-order valence-corrected chi connectivity index (χ2v) is 5.53. The van der Waals surface area contributed by atoms with Gasteiger partial charge in [-0.15, -0.1) is 6.58 Å². The molecular formula is C20H24N2O3. The SMILES string of the molecule is C=CCNC(=O)N(Cc1ccc(OC)cc1)Cc1ccc(OC)cc1. The van der Waals surface area contributed by atoms with Gasteiger partial charge in [0.15, 0.2) is 0 Å². The normalized spacial score (nSPS) is 10.0. The summed E-state index contributed by atoms with van der Waals surface area (Å²) in [6, 6.07) is 15.3. The largest absolute Gasteiger partial charge is 0.497 e. The highest BCUT2D eigenvalue weighted by Gasteiger charge is 2.14. The van der Waals surface area contributed by atoms with Crippen molar-refractivity contribution in [3.05, 3.63) is 72.3 Å². The number of nitrogens with zero attached hydrogens (tertiary/aromatic N) is 1. The Labute approximate surface area is 148 Å². The topological polar surface area (TPSA) is 50.8 Å². The molecule has 0 radical (unpaired) electrons. The second kappa shape index (κ2) is 9.37. The van der Waals surface area contributed by atoms with Crippen LogP contribution in [0.25, 0.3) is 0 Å². The third kappa shape index (κ3) is 5.57. The summed E-state index contributed by atoms with van der Waals surface area (Å²) in [5.74, 6) is 1.59. The Morgan fingerprint density at radius 1 is 0.960 bits per heavy atom. The minimum atomic E-state index is -0.133. The van der Waals surface area contributed by atoms with Crippen LogP contribution in [-0.4, -0.2) is 31.7 Å². The smallest absolute Gasteiger partial charge is 0.318 e. The Hall–Kier alpha value is -2.95.